The van der Waals surface area contributed by atoms with Crippen molar-refractivity contribution in [2.24, 2.45) is 0 Å². The highest BCUT2D eigenvalue weighted by molar-refractivity contribution is 5.30. The molecular weight excluding hydrogens is 194 g/mol. The van der Waals surface area contributed by atoms with Crippen molar-refractivity contribution in [3.8, 4) is 6.07 Å². The van der Waals surface area contributed by atoms with Crippen LogP contribution in [0.3, 0.4) is 0 Å². The molecule has 1 unspecified atom stereocenters. The highest BCUT2D eigenvalue weighted by atomic mass is 14.3. The van der Waals surface area contributed by atoms with Gasteiger partial charge >= 0.3 is 0 Å². The standard InChI is InChI=1S/C11H13N.2C2H6/c1-3-11(2,9-12)10-7-5-4-6-8-10;2*1-2/h4-8H,3H2,1-2H3;2*1-2H3. The van der Waals surface area contributed by atoms with Crippen LogP contribution < -0.4 is 0 Å². The average Bonchev–Trinajstić information content (AvgIpc) is 2.43. The first-order valence-electron chi connectivity index (χ1n) is 6.19. The predicted molar refractivity (Wildman–Crippen MR) is 72.4 cm³/mol. The highest BCUT2D eigenvalue weighted by Gasteiger charge is 2.22. The minimum Gasteiger partial charge on any atom is -0.197 e. The number of rotatable bonds is 2. The Bertz CT molecular complexity index is 284. The summed E-state index contributed by atoms with van der Waals surface area (Å²) in [6, 6.07) is 12.3. The monoisotopic (exact) mass is 219 g/mol. The Balaban J connectivity index is 0. The number of nitrogens with zero attached hydrogens (tertiary/aromatic N) is 1. The number of benzene rings is 1. The molecule has 90 valence electrons. The number of hydrogen-bond donors (Lipinski definition) is 0. The molecule has 0 saturated heterocycles. The zero-order valence-electron chi connectivity index (χ0n) is 11.5. The van der Waals surface area contributed by atoms with E-state index in [-0.39, 0.29) is 5.41 Å². The van der Waals surface area contributed by atoms with Gasteiger partial charge in [-0.25, -0.2) is 0 Å². The normalized spacial score (nSPS) is 11.8. The van der Waals surface area contributed by atoms with Crippen molar-refractivity contribution in [2.75, 3.05) is 0 Å². The lowest BCUT2D eigenvalue weighted by Gasteiger charge is -2.19. The van der Waals surface area contributed by atoms with Crippen molar-refractivity contribution >= 4 is 0 Å². The van der Waals surface area contributed by atoms with E-state index in [0.717, 1.165) is 12.0 Å². The SMILES string of the molecule is CC.CC.CCC(C)(C#N)c1ccccc1. The van der Waals surface area contributed by atoms with Crippen LogP contribution in [0.15, 0.2) is 30.3 Å². The Labute approximate surface area is 101 Å². The molecule has 1 rings (SSSR count). The molecule has 0 aliphatic rings. The second-order valence-electron chi connectivity index (χ2n) is 3.16. The molecule has 0 amide bonds. The molecule has 1 atom stereocenters. The van der Waals surface area contributed by atoms with Gasteiger partial charge in [0.2, 0.25) is 0 Å². The van der Waals surface area contributed by atoms with Crippen LogP contribution in [0.5, 0.6) is 0 Å². The van der Waals surface area contributed by atoms with Crippen LogP contribution >= 0.6 is 0 Å². The van der Waals surface area contributed by atoms with Crippen molar-refractivity contribution in [1.29, 1.82) is 5.26 Å². The Morgan fingerprint density at radius 1 is 1.06 bits per heavy atom. The fourth-order valence-electron chi connectivity index (χ4n) is 1.15. The molecule has 0 saturated carbocycles. The lowest BCUT2D eigenvalue weighted by Crippen LogP contribution is -2.17. The molecule has 1 nitrogen and oxygen atoms in total. The molecule has 0 aromatic heterocycles. The van der Waals surface area contributed by atoms with Crippen LogP contribution in [-0.2, 0) is 5.41 Å². The zero-order valence-corrected chi connectivity index (χ0v) is 11.5. The maximum atomic E-state index is 8.99. The van der Waals surface area contributed by atoms with Gasteiger partial charge in [-0.15, -0.1) is 0 Å². The molecular formula is C15H25N. The van der Waals surface area contributed by atoms with E-state index in [1.165, 1.54) is 0 Å². The Morgan fingerprint density at radius 3 is 1.81 bits per heavy atom. The van der Waals surface area contributed by atoms with Crippen LogP contribution in [-0.4, -0.2) is 0 Å². The van der Waals surface area contributed by atoms with Crippen LogP contribution in [0.4, 0.5) is 0 Å². The van der Waals surface area contributed by atoms with Crippen molar-refractivity contribution < 1.29 is 0 Å². The molecule has 0 spiro atoms. The van der Waals surface area contributed by atoms with E-state index in [1.54, 1.807) is 0 Å². The number of hydrogen-bond acceptors (Lipinski definition) is 1. The van der Waals surface area contributed by atoms with Crippen molar-refractivity contribution in [1.82, 2.24) is 0 Å². The fraction of sp³-hybridized carbons (Fsp3) is 0.533. The summed E-state index contributed by atoms with van der Waals surface area (Å²) < 4.78 is 0. The second kappa shape index (κ2) is 10.2. The fourth-order valence-corrected chi connectivity index (χ4v) is 1.15. The summed E-state index contributed by atoms with van der Waals surface area (Å²) in [5, 5.41) is 8.99. The third-order valence-corrected chi connectivity index (χ3v) is 2.36. The average molecular weight is 219 g/mol. The van der Waals surface area contributed by atoms with Gasteiger partial charge in [-0.1, -0.05) is 65.0 Å². The molecule has 1 aromatic carbocycles. The van der Waals surface area contributed by atoms with Crippen LogP contribution in [0.25, 0.3) is 0 Å². The van der Waals surface area contributed by atoms with Gasteiger partial charge in [0.1, 0.15) is 0 Å². The Morgan fingerprint density at radius 2 is 1.50 bits per heavy atom. The molecule has 0 radical (unpaired) electrons. The third kappa shape index (κ3) is 4.98. The quantitative estimate of drug-likeness (QED) is 0.692. The van der Waals surface area contributed by atoms with Gasteiger partial charge in [-0.2, -0.15) is 5.26 Å². The van der Waals surface area contributed by atoms with E-state index in [1.807, 2.05) is 71.9 Å². The molecule has 0 aliphatic heterocycles. The summed E-state index contributed by atoms with van der Waals surface area (Å²) in [5.74, 6) is 0. The lowest BCUT2D eigenvalue weighted by molar-refractivity contribution is 0.587. The van der Waals surface area contributed by atoms with E-state index >= 15 is 0 Å². The van der Waals surface area contributed by atoms with Crippen LogP contribution in [0, 0.1) is 11.3 Å². The van der Waals surface area contributed by atoms with Crippen LogP contribution in [0.1, 0.15) is 53.5 Å². The minimum atomic E-state index is -0.318. The Kier molecular flexibility index (Phi) is 10.9. The second-order valence-corrected chi connectivity index (χ2v) is 3.16. The van der Waals surface area contributed by atoms with Gasteiger partial charge in [0.25, 0.3) is 0 Å². The van der Waals surface area contributed by atoms with Crippen molar-refractivity contribution in [2.45, 2.75) is 53.4 Å². The van der Waals surface area contributed by atoms with Gasteiger partial charge < -0.3 is 0 Å². The van der Waals surface area contributed by atoms with Gasteiger partial charge in [-0.3, -0.25) is 0 Å². The van der Waals surface area contributed by atoms with Gasteiger partial charge in [-0.05, 0) is 18.9 Å². The smallest absolute Gasteiger partial charge is 0.0791 e. The van der Waals surface area contributed by atoms with Crippen LogP contribution in [0.2, 0.25) is 0 Å². The largest absolute Gasteiger partial charge is 0.197 e. The summed E-state index contributed by atoms with van der Waals surface area (Å²) in [6.45, 7) is 12.0. The van der Waals surface area contributed by atoms with E-state index < -0.39 is 0 Å². The maximum Gasteiger partial charge on any atom is 0.0791 e. The first-order chi connectivity index (χ1) is 7.73. The highest BCUT2D eigenvalue weighted by Crippen LogP contribution is 2.25. The van der Waals surface area contributed by atoms with Crippen molar-refractivity contribution in [3.63, 3.8) is 0 Å². The molecule has 0 N–H and O–H groups in total. The zero-order chi connectivity index (χ0) is 13.0. The Hall–Kier alpha value is -1.29. The summed E-state index contributed by atoms with van der Waals surface area (Å²) in [7, 11) is 0. The third-order valence-electron chi connectivity index (χ3n) is 2.36. The van der Waals surface area contributed by atoms with E-state index in [0.29, 0.717) is 0 Å². The van der Waals surface area contributed by atoms with E-state index in [4.69, 9.17) is 5.26 Å². The molecule has 1 aromatic rings. The van der Waals surface area contributed by atoms with Crippen molar-refractivity contribution in [3.05, 3.63) is 35.9 Å². The first kappa shape index (κ1) is 17.1. The van der Waals surface area contributed by atoms with Gasteiger partial charge in [0.15, 0.2) is 0 Å². The summed E-state index contributed by atoms with van der Waals surface area (Å²) in [6.07, 6.45) is 0.855. The lowest BCUT2D eigenvalue weighted by atomic mass is 9.82. The van der Waals surface area contributed by atoms with Gasteiger partial charge in [0, 0.05) is 0 Å². The van der Waals surface area contributed by atoms with E-state index in [9.17, 15) is 0 Å². The van der Waals surface area contributed by atoms with E-state index in [2.05, 4.69) is 6.07 Å². The molecule has 0 bridgehead atoms. The molecule has 16 heavy (non-hydrogen) atoms. The summed E-state index contributed by atoms with van der Waals surface area (Å²) >= 11 is 0. The molecule has 0 aliphatic carbocycles. The summed E-state index contributed by atoms with van der Waals surface area (Å²) in [5.41, 5.74) is 0.788. The minimum absolute atomic E-state index is 0.318. The molecule has 0 heterocycles. The molecule has 1 heteroatoms. The number of nitriles is 1. The summed E-state index contributed by atoms with van der Waals surface area (Å²) in [4.78, 5) is 0. The predicted octanol–water partition coefficient (Wildman–Crippen LogP) is 4.93. The topological polar surface area (TPSA) is 23.8 Å². The first-order valence-corrected chi connectivity index (χ1v) is 6.19. The van der Waals surface area contributed by atoms with Gasteiger partial charge in [0.05, 0.1) is 11.5 Å². The molecule has 0 fully saturated rings. The maximum absolute atomic E-state index is 8.99.